The number of aryl methyl sites for hydroxylation is 2. The Morgan fingerprint density at radius 3 is 1.80 bits per heavy atom. The molecule has 0 aromatic heterocycles. The number of benzene rings is 3. The van der Waals surface area contributed by atoms with Gasteiger partial charge in [-0.05, 0) is 37.0 Å². The fourth-order valence-electron chi connectivity index (χ4n) is 3.37. The van der Waals surface area contributed by atoms with Gasteiger partial charge in [0.25, 0.3) is 0 Å². The molecule has 0 saturated heterocycles. The second-order valence-electron chi connectivity index (χ2n) is 6.80. The molecule has 0 aliphatic carbocycles. The van der Waals surface area contributed by atoms with Crippen LogP contribution in [0, 0.1) is 13.8 Å². The molecule has 0 radical (unpaired) electrons. The summed E-state index contributed by atoms with van der Waals surface area (Å²) in [6.07, 6.45) is 0.596. The first-order valence-electron chi connectivity index (χ1n) is 8.66. The second-order valence-corrected chi connectivity index (χ2v) is 6.80. The van der Waals surface area contributed by atoms with E-state index in [-0.39, 0.29) is 0 Å². The zero-order valence-corrected chi connectivity index (χ0v) is 14.8. The zero-order valence-electron chi connectivity index (χ0n) is 14.8. The Hall–Kier alpha value is -2.42. The summed E-state index contributed by atoms with van der Waals surface area (Å²) in [4.78, 5) is 0. The first-order chi connectivity index (χ1) is 12.0. The van der Waals surface area contributed by atoms with Crippen LogP contribution in [0.1, 0.15) is 27.8 Å². The van der Waals surface area contributed by atoms with Crippen molar-refractivity contribution in [1.82, 2.24) is 0 Å². The number of hydrogen-bond donors (Lipinski definition) is 2. The van der Waals surface area contributed by atoms with Gasteiger partial charge < -0.3 is 10.8 Å². The van der Waals surface area contributed by atoms with Crippen LogP contribution in [-0.4, -0.2) is 11.1 Å². The largest absolute Gasteiger partial charge is 0.379 e. The molecule has 0 aliphatic heterocycles. The lowest BCUT2D eigenvalue weighted by Crippen LogP contribution is -2.47. The van der Waals surface area contributed by atoms with E-state index in [1.807, 2.05) is 92.7 Å². The molecule has 0 bridgehead atoms. The Bertz CT molecular complexity index is 796. The van der Waals surface area contributed by atoms with Crippen LogP contribution in [0.15, 0.2) is 78.9 Å². The molecule has 0 spiro atoms. The summed E-state index contributed by atoms with van der Waals surface area (Å²) in [5.74, 6) is 0. The van der Waals surface area contributed by atoms with Gasteiger partial charge in [0, 0.05) is 6.04 Å². The fraction of sp³-hybridized carbons (Fsp3) is 0.217. The van der Waals surface area contributed by atoms with E-state index in [1.165, 1.54) is 0 Å². The van der Waals surface area contributed by atoms with Crippen molar-refractivity contribution in [2.24, 2.45) is 5.73 Å². The molecule has 0 saturated carbocycles. The van der Waals surface area contributed by atoms with Gasteiger partial charge >= 0.3 is 0 Å². The van der Waals surface area contributed by atoms with Crippen molar-refractivity contribution < 1.29 is 5.11 Å². The zero-order chi connectivity index (χ0) is 17.9. The van der Waals surface area contributed by atoms with Crippen LogP contribution in [0.5, 0.6) is 0 Å². The highest BCUT2D eigenvalue weighted by molar-refractivity contribution is 5.41. The molecule has 0 amide bonds. The highest BCUT2D eigenvalue weighted by atomic mass is 16.3. The van der Waals surface area contributed by atoms with Gasteiger partial charge in [0.2, 0.25) is 0 Å². The molecular formula is C23H25NO. The monoisotopic (exact) mass is 331 g/mol. The molecule has 0 aliphatic rings. The average Bonchev–Trinajstić information content (AvgIpc) is 2.62. The third kappa shape index (κ3) is 3.65. The molecule has 3 rings (SSSR count). The summed E-state index contributed by atoms with van der Waals surface area (Å²) in [6, 6.07) is 25.6. The molecule has 2 nitrogen and oxygen atoms in total. The molecule has 1 atom stereocenters. The minimum atomic E-state index is -1.24. The van der Waals surface area contributed by atoms with E-state index in [2.05, 4.69) is 0 Å². The van der Waals surface area contributed by atoms with Crippen molar-refractivity contribution in [2.45, 2.75) is 31.9 Å². The van der Waals surface area contributed by atoms with E-state index < -0.39 is 11.6 Å². The highest BCUT2D eigenvalue weighted by Gasteiger charge is 2.38. The van der Waals surface area contributed by atoms with Crippen molar-refractivity contribution in [3.05, 3.63) is 107 Å². The highest BCUT2D eigenvalue weighted by Crippen LogP contribution is 2.34. The number of nitrogens with two attached hydrogens (primary N) is 1. The Morgan fingerprint density at radius 2 is 1.32 bits per heavy atom. The number of aliphatic hydroxyl groups is 1. The van der Waals surface area contributed by atoms with Gasteiger partial charge in [-0.15, -0.1) is 0 Å². The maximum atomic E-state index is 11.8. The minimum Gasteiger partial charge on any atom is -0.379 e. The van der Waals surface area contributed by atoms with E-state index in [0.29, 0.717) is 6.42 Å². The standard InChI is InChI=1S/C23H25NO/c1-17-8-6-12-20(14-17)23(25,21-13-7-9-18(2)15-21)22(24)16-19-10-4-3-5-11-19/h3-15,22,25H,16,24H2,1-2H3. The molecule has 3 N–H and O–H groups in total. The van der Waals surface area contributed by atoms with Crippen LogP contribution in [0.3, 0.4) is 0 Å². The van der Waals surface area contributed by atoms with Crippen molar-refractivity contribution in [3.8, 4) is 0 Å². The molecule has 0 fully saturated rings. The average molecular weight is 331 g/mol. The lowest BCUT2D eigenvalue weighted by Gasteiger charge is -2.36. The Kier molecular flexibility index (Phi) is 5.03. The normalized spacial score (nSPS) is 12.8. The van der Waals surface area contributed by atoms with Crippen molar-refractivity contribution in [1.29, 1.82) is 0 Å². The summed E-state index contributed by atoms with van der Waals surface area (Å²) in [6.45, 7) is 4.06. The Balaban J connectivity index is 2.08. The Labute approximate surface area is 150 Å². The number of hydrogen-bond acceptors (Lipinski definition) is 2. The predicted molar refractivity (Wildman–Crippen MR) is 103 cm³/mol. The first-order valence-corrected chi connectivity index (χ1v) is 8.66. The maximum Gasteiger partial charge on any atom is 0.130 e. The van der Waals surface area contributed by atoms with Crippen LogP contribution in [0.4, 0.5) is 0 Å². The van der Waals surface area contributed by atoms with E-state index in [1.54, 1.807) is 0 Å². The fourth-order valence-corrected chi connectivity index (χ4v) is 3.37. The first kappa shape index (κ1) is 17.4. The van der Waals surface area contributed by atoms with Crippen LogP contribution in [0.2, 0.25) is 0 Å². The smallest absolute Gasteiger partial charge is 0.130 e. The van der Waals surface area contributed by atoms with E-state index in [9.17, 15) is 5.11 Å². The summed E-state index contributed by atoms with van der Waals surface area (Å²) in [5, 5.41) is 11.8. The third-order valence-corrected chi connectivity index (χ3v) is 4.75. The summed E-state index contributed by atoms with van der Waals surface area (Å²) in [7, 11) is 0. The van der Waals surface area contributed by atoms with Crippen LogP contribution >= 0.6 is 0 Å². The van der Waals surface area contributed by atoms with Crippen LogP contribution < -0.4 is 5.73 Å². The van der Waals surface area contributed by atoms with E-state index in [4.69, 9.17) is 5.73 Å². The molecular weight excluding hydrogens is 306 g/mol. The van der Waals surface area contributed by atoms with Crippen LogP contribution in [0.25, 0.3) is 0 Å². The molecule has 0 heterocycles. The molecule has 3 aromatic rings. The summed E-state index contributed by atoms with van der Waals surface area (Å²) >= 11 is 0. The molecule has 1 unspecified atom stereocenters. The summed E-state index contributed by atoms with van der Waals surface area (Å²) in [5.41, 5.74) is 10.4. The minimum absolute atomic E-state index is 0.460. The van der Waals surface area contributed by atoms with Gasteiger partial charge in [-0.3, -0.25) is 0 Å². The van der Waals surface area contributed by atoms with Gasteiger partial charge in [-0.25, -0.2) is 0 Å². The van der Waals surface area contributed by atoms with Gasteiger partial charge in [0.05, 0.1) is 0 Å². The lowest BCUT2D eigenvalue weighted by atomic mass is 9.77. The van der Waals surface area contributed by atoms with Crippen molar-refractivity contribution >= 4 is 0 Å². The van der Waals surface area contributed by atoms with E-state index >= 15 is 0 Å². The van der Waals surface area contributed by atoms with E-state index in [0.717, 1.165) is 27.8 Å². The van der Waals surface area contributed by atoms with Crippen LogP contribution in [-0.2, 0) is 12.0 Å². The van der Waals surface area contributed by atoms with Gasteiger partial charge in [-0.2, -0.15) is 0 Å². The topological polar surface area (TPSA) is 46.2 Å². The van der Waals surface area contributed by atoms with Gasteiger partial charge in [0.1, 0.15) is 5.60 Å². The predicted octanol–water partition coefficient (Wildman–Crippen LogP) is 4.11. The molecule has 3 aromatic carbocycles. The SMILES string of the molecule is Cc1cccc(C(O)(c2cccc(C)c2)C(N)Cc2ccccc2)c1. The molecule has 2 heteroatoms. The molecule has 128 valence electrons. The van der Waals surface area contributed by atoms with Gasteiger partial charge in [-0.1, -0.05) is 90.0 Å². The third-order valence-electron chi connectivity index (χ3n) is 4.75. The summed E-state index contributed by atoms with van der Waals surface area (Å²) < 4.78 is 0. The number of rotatable bonds is 5. The Morgan fingerprint density at radius 1 is 0.800 bits per heavy atom. The lowest BCUT2D eigenvalue weighted by molar-refractivity contribution is 0.0515. The maximum absolute atomic E-state index is 11.8. The van der Waals surface area contributed by atoms with Gasteiger partial charge in [0.15, 0.2) is 0 Å². The van der Waals surface area contributed by atoms with Crippen molar-refractivity contribution in [2.75, 3.05) is 0 Å². The molecule has 25 heavy (non-hydrogen) atoms. The van der Waals surface area contributed by atoms with Crippen molar-refractivity contribution in [3.63, 3.8) is 0 Å². The second kappa shape index (κ2) is 7.22. The quantitative estimate of drug-likeness (QED) is 0.739.